The van der Waals surface area contributed by atoms with E-state index in [9.17, 15) is 4.79 Å². The van der Waals surface area contributed by atoms with E-state index in [1.807, 2.05) is 0 Å². The third kappa shape index (κ3) is 2.42. The van der Waals surface area contributed by atoms with Gasteiger partial charge < -0.3 is 9.84 Å². The van der Waals surface area contributed by atoms with Crippen LogP contribution in [0.2, 0.25) is 0 Å². The van der Waals surface area contributed by atoms with E-state index in [-0.39, 0.29) is 12.0 Å². The van der Waals surface area contributed by atoms with Gasteiger partial charge in [0.1, 0.15) is 5.56 Å². The highest BCUT2D eigenvalue weighted by Crippen LogP contribution is 2.49. The van der Waals surface area contributed by atoms with Crippen molar-refractivity contribution in [1.29, 1.82) is 0 Å². The van der Waals surface area contributed by atoms with Crippen LogP contribution < -0.4 is 0 Å². The fourth-order valence-corrected chi connectivity index (χ4v) is 2.43. The average Bonchev–Trinajstić information content (AvgIpc) is 2.95. The van der Waals surface area contributed by atoms with Crippen molar-refractivity contribution in [3.63, 3.8) is 0 Å². The minimum Gasteiger partial charge on any atom is -0.462 e. The first-order valence-electron chi connectivity index (χ1n) is 6.95. The average molecular weight is 291 g/mol. The maximum absolute atomic E-state index is 11.8. The molecule has 1 fully saturated rings. The molecule has 8 heteroatoms. The number of carbonyl (C=O) groups is 1. The Balaban J connectivity index is 1.88. The Morgan fingerprint density at radius 1 is 1.57 bits per heavy atom. The van der Waals surface area contributed by atoms with E-state index < -0.39 is 5.97 Å². The molecule has 0 saturated heterocycles. The Bertz CT molecular complexity index is 644. The zero-order valence-corrected chi connectivity index (χ0v) is 11.7. The van der Waals surface area contributed by atoms with E-state index in [1.165, 1.54) is 10.9 Å². The third-order valence-corrected chi connectivity index (χ3v) is 3.82. The molecule has 0 atom stereocenters. The number of carbonyl (C=O) groups excluding carboxylic acids is 1. The van der Waals surface area contributed by atoms with Gasteiger partial charge in [-0.15, -0.1) is 5.10 Å². The summed E-state index contributed by atoms with van der Waals surface area (Å²) in [6, 6.07) is 0. The number of aliphatic hydroxyl groups is 1. The fraction of sp³-hybridized carbons (Fsp3) is 0.538. The van der Waals surface area contributed by atoms with E-state index in [4.69, 9.17) is 9.84 Å². The van der Waals surface area contributed by atoms with Crippen LogP contribution >= 0.6 is 0 Å². The van der Waals surface area contributed by atoms with E-state index in [0.29, 0.717) is 24.4 Å². The summed E-state index contributed by atoms with van der Waals surface area (Å²) >= 11 is 0. The zero-order valence-electron chi connectivity index (χ0n) is 11.7. The Labute approximate surface area is 121 Å². The van der Waals surface area contributed by atoms with E-state index >= 15 is 0 Å². The highest BCUT2D eigenvalue weighted by Gasteiger charge is 2.46. The molecule has 0 amide bonds. The second-order valence-corrected chi connectivity index (χ2v) is 5.16. The van der Waals surface area contributed by atoms with Gasteiger partial charge in [0.2, 0.25) is 0 Å². The number of nitrogens with zero attached hydrogens (tertiary/aromatic N) is 4. The van der Waals surface area contributed by atoms with Crippen LogP contribution in [-0.4, -0.2) is 49.5 Å². The molecule has 2 aromatic heterocycles. The summed E-state index contributed by atoms with van der Waals surface area (Å²) in [5.41, 5.74) is 1.10. The molecule has 2 N–H and O–H groups in total. The molecule has 8 nitrogen and oxygen atoms in total. The molecule has 1 aliphatic rings. The lowest BCUT2D eigenvalue weighted by Crippen LogP contribution is -2.10. The molecule has 112 valence electrons. The highest BCUT2D eigenvalue weighted by molar-refractivity contribution is 5.92. The number of hydrogen-bond acceptors (Lipinski definition) is 6. The van der Waals surface area contributed by atoms with Gasteiger partial charge in [-0.1, -0.05) is 5.21 Å². The highest BCUT2D eigenvalue weighted by atomic mass is 16.5. The minimum absolute atomic E-state index is 0.0584. The van der Waals surface area contributed by atoms with Gasteiger partial charge in [0.05, 0.1) is 24.7 Å². The van der Waals surface area contributed by atoms with Crippen molar-refractivity contribution in [3.05, 3.63) is 23.7 Å². The zero-order chi connectivity index (χ0) is 14.9. The summed E-state index contributed by atoms with van der Waals surface area (Å²) in [4.78, 5) is 11.8. The SMILES string of the molecule is CCOC(=O)c1cn[nH]c1-n1cc(C2(CCO)CC2)nn1. The topological polar surface area (TPSA) is 106 Å². The first-order valence-corrected chi connectivity index (χ1v) is 6.95. The standard InChI is InChI=1S/C13H17N5O3/c1-2-21-12(20)9-7-14-16-11(9)18-8-10(15-17-18)13(3-4-13)5-6-19/h7-8,19H,2-6H2,1H3,(H,14,16). The monoisotopic (exact) mass is 291 g/mol. The van der Waals surface area contributed by atoms with Crippen LogP contribution in [0.3, 0.4) is 0 Å². The summed E-state index contributed by atoms with van der Waals surface area (Å²) in [5.74, 6) is -0.0122. The number of aromatic amines is 1. The summed E-state index contributed by atoms with van der Waals surface area (Å²) in [5, 5.41) is 24.0. The van der Waals surface area contributed by atoms with Crippen LogP contribution in [-0.2, 0) is 10.2 Å². The molecular weight excluding hydrogens is 274 g/mol. The summed E-state index contributed by atoms with van der Waals surface area (Å²) in [7, 11) is 0. The maximum atomic E-state index is 11.8. The molecule has 0 radical (unpaired) electrons. The Hall–Kier alpha value is -2.22. The number of H-pyrrole nitrogens is 1. The molecule has 0 aliphatic heterocycles. The summed E-state index contributed by atoms with van der Waals surface area (Å²) < 4.78 is 6.47. The van der Waals surface area contributed by atoms with Crippen molar-refractivity contribution >= 4 is 5.97 Å². The van der Waals surface area contributed by atoms with Gasteiger partial charge in [0, 0.05) is 12.0 Å². The predicted molar refractivity (Wildman–Crippen MR) is 72.1 cm³/mol. The second-order valence-electron chi connectivity index (χ2n) is 5.16. The summed E-state index contributed by atoms with van der Waals surface area (Å²) in [6.07, 6.45) is 5.87. The molecule has 2 heterocycles. The molecule has 0 aromatic carbocycles. The lowest BCUT2D eigenvalue weighted by molar-refractivity contribution is 0.0526. The maximum Gasteiger partial charge on any atom is 0.343 e. The van der Waals surface area contributed by atoms with Crippen molar-refractivity contribution in [2.45, 2.75) is 31.6 Å². The van der Waals surface area contributed by atoms with Gasteiger partial charge in [0.25, 0.3) is 0 Å². The first-order chi connectivity index (χ1) is 10.2. The van der Waals surface area contributed by atoms with Crippen molar-refractivity contribution < 1.29 is 14.6 Å². The number of aliphatic hydroxyl groups excluding tert-OH is 1. The number of esters is 1. The van der Waals surface area contributed by atoms with Crippen LogP contribution in [0.1, 0.15) is 42.2 Å². The molecule has 2 aromatic rings. The number of nitrogens with one attached hydrogen (secondary N) is 1. The Morgan fingerprint density at radius 3 is 3.05 bits per heavy atom. The van der Waals surface area contributed by atoms with Gasteiger partial charge in [-0.25, -0.2) is 9.48 Å². The third-order valence-electron chi connectivity index (χ3n) is 3.82. The minimum atomic E-state index is -0.449. The van der Waals surface area contributed by atoms with E-state index in [2.05, 4.69) is 20.5 Å². The van der Waals surface area contributed by atoms with Crippen molar-refractivity contribution in [1.82, 2.24) is 25.2 Å². The quantitative estimate of drug-likeness (QED) is 0.754. The fourth-order valence-electron chi connectivity index (χ4n) is 2.43. The lowest BCUT2D eigenvalue weighted by atomic mass is 10.00. The normalized spacial score (nSPS) is 15.9. The van der Waals surface area contributed by atoms with Gasteiger partial charge >= 0.3 is 5.97 Å². The number of aromatic nitrogens is 5. The van der Waals surface area contributed by atoms with Crippen LogP contribution in [0.5, 0.6) is 0 Å². The number of hydrogen-bond donors (Lipinski definition) is 2. The molecule has 0 unspecified atom stereocenters. The van der Waals surface area contributed by atoms with E-state index in [1.54, 1.807) is 13.1 Å². The predicted octanol–water partition coefficient (Wildman–Crippen LogP) is 0.581. The molecule has 21 heavy (non-hydrogen) atoms. The molecule has 0 bridgehead atoms. The van der Waals surface area contributed by atoms with Crippen LogP contribution in [0.4, 0.5) is 0 Å². The number of rotatable bonds is 6. The molecule has 1 saturated carbocycles. The van der Waals surface area contributed by atoms with Crippen LogP contribution in [0.25, 0.3) is 5.82 Å². The molecule has 3 rings (SSSR count). The molecular formula is C13H17N5O3. The van der Waals surface area contributed by atoms with Gasteiger partial charge in [-0.2, -0.15) is 5.10 Å². The summed E-state index contributed by atoms with van der Waals surface area (Å²) in [6.45, 7) is 2.17. The molecule has 0 spiro atoms. The van der Waals surface area contributed by atoms with Crippen LogP contribution in [0, 0.1) is 0 Å². The Morgan fingerprint density at radius 2 is 2.38 bits per heavy atom. The lowest BCUT2D eigenvalue weighted by Gasteiger charge is -2.08. The van der Waals surface area contributed by atoms with Crippen molar-refractivity contribution in [2.75, 3.05) is 13.2 Å². The van der Waals surface area contributed by atoms with Crippen molar-refractivity contribution in [2.24, 2.45) is 0 Å². The molecule has 1 aliphatic carbocycles. The van der Waals surface area contributed by atoms with E-state index in [0.717, 1.165) is 18.5 Å². The largest absolute Gasteiger partial charge is 0.462 e. The number of ether oxygens (including phenoxy) is 1. The second kappa shape index (κ2) is 5.28. The van der Waals surface area contributed by atoms with Crippen LogP contribution in [0.15, 0.2) is 12.4 Å². The van der Waals surface area contributed by atoms with Gasteiger partial charge in [-0.3, -0.25) is 5.10 Å². The van der Waals surface area contributed by atoms with Gasteiger partial charge in [0.15, 0.2) is 5.82 Å². The van der Waals surface area contributed by atoms with Crippen molar-refractivity contribution in [3.8, 4) is 5.82 Å². The Kier molecular flexibility index (Phi) is 3.46. The smallest absolute Gasteiger partial charge is 0.343 e. The first kappa shape index (κ1) is 13.7. The van der Waals surface area contributed by atoms with Gasteiger partial charge in [-0.05, 0) is 26.2 Å².